The van der Waals surface area contributed by atoms with Gasteiger partial charge in [0.1, 0.15) is 176 Å². The lowest BCUT2D eigenvalue weighted by molar-refractivity contribution is -0.376. The van der Waals surface area contributed by atoms with E-state index in [2.05, 4.69) is 33.4 Å². The quantitative estimate of drug-likeness (QED) is 0.0166. The van der Waals surface area contributed by atoms with E-state index in [0.717, 1.165) is 5.57 Å². The Hall–Kier alpha value is -3.40. The number of ether oxygens (including phenoxy) is 17. The number of fused-ring (bicyclic) bond motifs is 7. The molecule has 4 saturated carbocycles. The second kappa shape index (κ2) is 39.6. The average molecular weight is 1850 g/mol. The van der Waals surface area contributed by atoms with Crippen LogP contribution in [0.1, 0.15) is 133 Å². The molecule has 0 aromatic heterocycles. The first-order chi connectivity index (χ1) is 60.0. The molecule has 8 saturated heterocycles. The number of carbonyl (C=O) groups excluding carboxylic acids is 2. The molecule has 0 amide bonds. The Morgan fingerprint density at radius 3 is 1.45 bits per heavy atom. The number of esters is 2. The highest BCUT2D eigenvalue weighted by Gasteiger charge is 2.74. The fraction of sp³-hybridized carbons (Fsp3) is 0.906. The highest BCUT2D eigenvalue weighted by atomic mass is 16.8. The van der Waals surface area contributed by atoms with E-state index in [1.165, 1.54) is 26.0 Å². The maximum atomic E-state index is 16.7. The summed E-state index contributed by atoms with van der Waals surface area (Å²) >= 11 is 0. The summed E-state index contributed by atoms with van der Waals surface area (Å²) in [6.45, 7) is 17.9. The molecule has 43 heteroatoms. The van der Waals surface area contributed by atoms with Crippen molar-refractivity contribution in [3.63, 3.8) is 0 Å². The van der Waals surface area contributed by atoms with Crippen molar-refractivity contribution in [1.29, 1.82) is 0 Å². The Morgan fingerprint density at radius 1 is 0.484 bits per heavy atom. The van der Waals surface area contributed by atoms with Crippen LogP contribution in [0.5, 0.6) is 0 Å². The van der Waals surface area contributed by atoms with Crippen molar-refractivity contribution in [2.24, 2.45) is 50.2 Å². The van der Waals surface area contributed by atoms with Gasteiger partial charge in [-0.15, -0.1) is 6.58 Å². The lowest BCUT2D eigenvalue weighted by Crippen LogP contribution is -2.70. The minimum absolute atomic E-state index is 0.00127. The van der Waals surface area contributed by atoms with Crippen LogP contribution in [0.4, 0.5) is 0 Å². The summed E-state index contributed by atoms with van der Waals surface area (Å²) in [7, 11) is 0. The van der Waals surface area contributed by atoms with Crippen molar-refractivity contribution in [2.75, 3.05) is 46.2 Å². The lowest BCUT2D eigenvalue weighted by Gasteiger charge is -2.72. The Kier molecular flexibility index (Phi) is 31.6. The van der Waals surface area contributed by atoms with Gasteiger partial charge in [0, 0.05) is 17.4 Å². The number of carbonyl (C=O) groups is 2. The highest BCUT2D eigenvalue weighted by molar-refractivity contribution is 5.88. The maximum absolute atomic E-state index is 16.7. The zero-order chi connectivity index (χ0) is 93.8. The Labute approximate surface area is 739 Å². The van der Waals surface area contributed by atoms with E-state index < -0.39 is 354 Å². The summed E-state index contributed by atoms with van der Waals surface area (Å²) in [5.41, 5.74) is -7.06. The van der Waals surface area contributed by atoms with Gasteiger partial charge in [0.2, 0.25) is 6.29 Å². The van der Waals surface area contributed by atoms with E-state index in [-0.39, 0.29) is 43.1 Å². The summed E-state index contributed by atoms with van der Waals surface area (Å²) < 4.78 is 103. The predicted octanol–water partition coefficient (Wildman–Crippen LogP) is -7.64. The Morgan fingerprint density at radius 2 is 0.938 bits per heavy atom. The largest absolute Gasteiger partial charge is 0.458 e. The first-order valence-corrected chi connectivity index (χ1v) is 44.3. The van der Waals surface area contributed by atoms with Crippen LogP contribution in [-0.4, -0.2) is 432 Å². The Balaban J connectivity index is 0.799. The summed E-state index contributed by atoms with van der Waals surface area (Å²) in [5, 5.41) is 265. The van der Waals surface area contributed by atoms with Gasteiger partial charge in [-0.05, 0) is 118 Å². The molecular formula is C85H136O43. The molecule has 43 nitrogen and oxygen atoms in total. The number of hydrogen-bond donors (Lipinski definition) is 24. The maximum Gasteiger partial charge on any atom is 0.333 e. The van der Waals surface area contributed by atoms with Crippen molar-refractivity contribution < 1.29 is 213 Å². The van der Waals surface area contributed by atoms with Gasteiger partial charge in [0.05, 0.1) is 70.2 Å². The van der Waals surface area contributed by atoms with Crippen LogP contribution < -0.4 is 0 Å². The molecule has 5 aliphatic carbocycles. The fourth-order valence-corrected chi connectivity index (χ4v) is 22.6. The molecule has 13 rings (SSSR count). The molecule has 0 unspecified atom stereocenters. The number of hydrogen-bond acceptors (Lipinski definition) is 43. The van der Waals surface area contributed by atoms with Gasteiger partial charge in [-0.3, -0.25) is 4.79 Å². The molecule has 8 heterocycles. The third kappa shape index (κ3) is 18.9. The van der Waals surface area contributed by atoms with Gasteiger partial charge >= 0.3 is 11.9 Å². The minimum atomic E-state index is -2.19. The van der Waals surface area contributed by atoms with Crippen molar-refractivity contribution >= 4 is 11.9 Å². The molecular weight excluding hydrogens is 1710 g/mol. The monoisotopic (exact) mass is 1840 g/mol. The lowest BCUT2D eigenvalue weighted by atomic mass is 9.33. The van der Waals surface area contributed by atoms with Crippen LogP contribution in [-0.2, 0) is 90.1 Å². The van der Waals surface area contributed by atoms with Gasteiger partial charge < -0.3 is 203 Å². The van der Waals surface area contributed by atoms with Crippen molar-refractivity contribution in [2.45, 2.75) is 385 Å². The second-order valence-corrected chi connectivity index (χ2v) is 39.7. The highest BCUT2D eigenvalue weighted by Crippen LogP contribution is 2.76. The first kappa shape index (κ1) is 102. The summed E-state index contributed by atoms with van der Waals surface area (Å²) in [6, 6.07) is 0. The molecule has 128 heavy (non-hydrogen) atoms. The van der Waals surface area contributed by atoms with Crippen molar-refractivity contribution in [1.82, 2.24) is 0 Å². The molecule has 48 atom stereocenters. The number of allylic oxidation sites excluding steroid dienone is 3. The van der Waals surface area contributed by atoms with Gasteiger partial charge in [-0.25, -0.2) is 4.79 Å². The normalized spacial score (nSPS) is 51.4. The standard InChI is InChI=1S/C85H136O43/c1-12-81(8,128-77-68(58(102)53(97)40(26-87)119-77)126-74-63(107)51(95)38(90)29-114-74)19-13-14-32(2)69(110)122-47-24-85(78(111)127-76-67(125-73-62(106)50(94)37(89)28-113-73)60(104)55(99)42(121-76)30-115-70-64(108)56(100)48(92)33(3)117-70)35(22-79(47,4)5)34-15-16-44-82(9)20-18-46(80(6,7)43(82)17-21-83(44,10)84(34,11)23-45(85)91)123-75-66(124-72-61(105)49(93)36(88)27-112-72)59(103)54(98)41(120-75)31-116-71-65(109)57(101)52(96)39(25-86)118-71/h12,14-15,33,35-68,70-77,86-109H,1,13,16-31H2,2-11H3/b32-14+/t33-,35-,36-,37+,38+,39+,40+,41+,42+,43-,44+,45-,46-,47-,48-,49-,50-,51-,52+,53+,54+,55+,56+,57-,58-,59-,60-,61+,62+,63+,64+,65+,66+,67+,68+,70+,71+,72-,73-,74-,75-,76-,77-,81+,82-,83+,84+,85+/m0/s1. The fourth-order valence-electron chi connectivity index (χ4n) is 22.6. The topological polar surface area (TPSA) is 677 Å². The average Bonchev–Trinajstić information content (AvgIpc) is 0.667. The molecule has 12 fully saturated rings. The first-order valence-electron chi connectivity index (χ1n) is 44.3. The molecule has 13 aliphatic rings. The van der Waals surface area contributed by atoms with Crippen molar-refractivity contribution in [3.8, 4) is 0 Å². The van der Waals surface area contributed by atoms with Crippen LogP contribution in [0, 0.1) is 50.2 Å². The Bertz CT molecular complexity index is 3810. The zero-order valence-corrected chi connectivity index (χ0v) is 73.3. The van der Waals surface area contributed by atoms with E-state index in [1.54, 1.807) is 6.92 Å². The van der Waals surface area contributed by atoms with E-state index >= 15 is 9.59 Å². The van der Waals surface area contributed by atoms with E-state index in [1.807, 2.05) is 27.7 Å². The van der Waals surface area contributed by atoms with E-state index in [9.17, 15) is 123 Å². The molecule has 8 aliphatic heterocycles. The number of aliphatic hydroxyl groups excluding tert-OH is 24. The van der Waals surface area contributed by atoms with Crippen molar-refractivity contribution in [3.05, 3.63) is 36.0 Å². The van der Waals surface area contributed by atoms with Gasteiger partial charge in [-0.2, -0.15) is 0 Å². The van der Waals surface area contributed by atoms with E-state index in [4.69, 9.17) is 80.5 Å². The predicted molar refractivity (Wildman–Crippen MR) is 424 cm³/mol. The van der Waals surface area contributed by atoms with Crippen LogP contribution in [0.25, 0.3) is 0 Å². The summed E-state index contributed by atoms with van der Waals surface area (Å²) in [5.74, 6) is -3.49. The molecule has 0 bridgehead atoms. The zero-order valence-electron chi connectivity index (χ0n) is 73.3. The third-order valence-corrected chi connectivity index (χ3v) is 31.0. The van der Waals surface area contributed by atoms with Gasteiger partial charge in [-0.1, -0.05) is 72.3 Å². The number of aliphatic hydroxyl groups is 24. The molecule has 0 aromatic rings. The van der Waals surface area contributed by atoms with Crippen LogP contribution >= 0.6 is 0 Å². The molecule has 24 N–H and O–H groups in total. The molecule has 0 aromatic carbocycles. The van der Waals surface area contributed by atoms with E-state index in [0.29, 0.717) is 32.1 Å². The van der Waals surface area contributed by atoms with Gasteiger partial charge in [0.25, 0.3) is 0 Å². The number of rotatable bonds is 26. The summed E-state index contributed by atoms with van der Waals surface area (Å²) in [4.78, 5) is 31.7. The molecule has 0 radical (unpaired) electrons. The third-order valence-electron chi connectivity index (χ3n) is 31.0. The van der Waals surface area contributed by atoms with Crippen LogP contribution in [0.15, 0.2) is 36.0 Å². The smallest absolute Gasteiger partial charge is 0.333 e. The van der Waals surface area contributed by atoms with Crippen LogP contribution in [0.3, 0.4) is 0 Å². The molecule has 734 valence electrons. The van der Waals surface area contributed by atoms with Crippen LogP contribution in [0.2, 0.25) is 0 Å². The summed E-state index contributed by atoms with van der Waals surface area (Å²) in [6.07, 6.45) is -61.9. The van der Waals surface area contributed by atoms with Gasteiger partial charge in [0.15, 0.2) is 50.1 Å². The second-order valence-electron chi connectivity index (χ2n) is 39.7. The SMILES string of the molecule is C=C[C@](C)(CC/C=C(\C)C(=O)O[C@H]1C[C@]2(C(=O)O[C@@H]3O[C@H](CO[C@@H]4O[C@@H](C)[C@H](O)[C@@H](O)[C@H]4O)[C@@H](O)[C@H](O)[C@H]3O[C@@H]3OC[C@@H](O)[C@H](O)[C@H]3O)[C@@H](O)C[C@]3(C)C(=CC[C@@H]4[C@@]5(C)CC[C@H](O[C@@H]6O[C@H](CO[C@@H]7O[C@H](CO)[C@@H](O)[C@H](O)[C@H]7O)[C@@H](O)[C@H](O)[C@H]6O[C@@H]6OC[C@H](O)[C@H](O)[C@H]6O)C(C)(C)[C@@H]5CC[C@]43C)[C@@H]2CC1(C)C)O[C@@H]1O[C@H](CO)[C@@H](O)[C@H](O)[C@H]1O[C@@H]1OC[C@@H](O)[C@H](O)[C@H]1O. The molecule has 0 spiro atoms. The minimum Gasteiger partial charge on any atom is -0.458 e.